The Balaban J connectivity index is 3.07. The van der Waals surface area contributed by atoms with Crippen molar-refractivity contribution in [3.8, 4) is 0 Å². The predicted octanol–water partition coefficient (Wildman–Crippen LogP) is 1.84. The van der Waals surface area contributed by atoms with Gasteiger partial charge in [0.2, 0.25) is 5.91 Å². The van der Waals surface area contributed by atoms with Crippen LogP contribution >= 0.6 is 12.2 Å². The zero-order valence-electron chi connectivity index (χ0n) is 11.0. The maximum absolute atomic E-state index is 11.8. The Morgan fingerprint density at radius 3 is 2.65 bits per heavy atom. The van der Waals surface area contributed by atoms with Gasteiger partial charge in [-0.3, -0.25) is 9.89 Å². The topological polar surface area (TPSA) is 62.7 Å². The highest BCUT2D eigenvalue weighted by Crippen LogP contribution is 2.21. The molecule has 0 saturated heterocycles. The maximum atomic E-state index is 11.8. The van der Waals surface area contributed by atoms with E-state index in [1.54, 1.807) is 7.05 Å². The first-order chi connectivity index (χ1) is 7.79. The molecule has 0 unspecified atom stereocenters. The van der Waals surface area contributed by atoms with Gasteiger partial charge in [0.15, 0.2) is 4.77 Å². The summed E-state index contributed by atoms with van der Waals surface area (Å²) in [5, 5.41) is 9.65. The van der Waals surface area contributed by atoms with Crippen molar-refractivity contribution < 1.29 is 4.79 Å². The highest BCUT2D eigenvalue weighted by atomic mass is 32.1. The highest BCUT2D eigenvalue weighted by molar-refractivity contribution is 7.71. The Kier molecular flexibility index (Phi) is 4.08. The summed E-state index contributed by atoms with van der Waals surface area (Å²) in [6.07, 6.45) is 0. The molecule has 0 saturated carbocycles. The molecule has 5 nitrogen and oxygen atoms in total. The average Bonchev–Trinajstić information content (AvgIpc) is 2.58. The molecule has 96 valence electrons. The number of amides is 1. The molecule has 0 radical (unpaired) electrons. The molecule has 17 heavy (non-hydrogen) atoms. The van der Waals surface area contributed by atoms with Gasteiger partial charge in [-0.05, 0) is 26.1 Å². The highest BCUT2D eigenvalue weighted by Gasteiger charge is 2.28. The van der Waals surface area contributed by atoms with Crippen LogP contribution in [-0.4, -0.2) is 27.7 Å². The number of rotatable bonds is 4. The quantitative estimate of drug-likeness (QED) is 0.808. The van der Waals surface area contributed by atoms with Crippen LogP contribution < -0.4 is 5.32 Å². The first-order valence-electron chi connectivity index (χ1n) is 5.67. The van der Waals surface area contributed by atoms with E-state index in [1.165, 1.54) is 0 Å². The average molecular weight is 256 g/mol. The molecule has 1 heterocycles. The Bertz CT molecular complexity index is 458. The molecule has 1 aromatic rings. The van der Waals surface area contributed by atoms with E-state index in [-0.39, 0.29) is 11.8 Å². The fraction of sp³-hybridized carbons (Fsp3) is 0.727. The number of aromatic amines is 1. The minimum atomic E-state index is -0.513. The summed E-state index contributed by atoms with van der Waals surface area (Å²) >= 11 is 5.20. The number of carbonyl (C=O) groups excluding carboxylic acids is 1. The van der Waals surface area contributed by atoms with Crippen LogP contribution in [0.25, 0.3) is 0 Å². The van der Waals surface area contributed by atoms with Crippen LogP contribution in [0.3, 0.4) is 0 Å². The van der Waals surface area contributed by atoms with Gasteiger partial charge in [-0.2, -0.15) is 5.10 Å². The summed E-state index contributed by atoms with van der Waals surface area (Å²) in [7, 11) is 1.64. The normalized spacial score (nSPS) is 11.9. The third kappa shape index (κ3) is 2.94. The minimum Gasteiger partial charge on any atom is -0.359 e. The van der Waals surface area contributed by atoms with E-state index >= 15 is 0 Å². The molecule has 0 aliphatic rings. The van der Waals surface area contributed by atoms with Crippen molar-refractivity contribution in [2.75, 3.05) is 7.05 Å². The van der Waals surface area contributed by atoms with Crippen molar-refractivity contribution in [1.29, 1.82) is 0 Å². The standard InChI is InChI=1S/C11H20N4OS/c1-7(2)8-13-14-10(17)15(8)6-11(3,4)9(16)12-5/h7H,6H2,1-5H3,(H,12,16)(H,14,17). The van der Waals surface area contributed by atoms with Crippen LogP contribution in [0.4, 0.5) is 0 Å². The number of H-pyrrole nitrogens is 1. The van der Waals surface area contributed by atoms with Crippen LogP contribution in [0, 0.1) is 10.2 Å². The molecule has 0 aliphatic carbocycles. The Morgan fingerprint density at radius 1 is 1.59 bits per heavy atom. The molecule has 0 spiro atoms. The SMILES string of the molecule is CNC(=O)C(C)(C)Cn1c(C(C)C)n[nH]c1=S. The molecule has 0 fully saturated rings. The fourth-order valence-corrected chi connectivity index (χ4v) is 1.93. The van der Waals surface area contributed by atoms with Gasteiger partial charge in [0.25, 0.3) is 0 Å². The van der Waals surface area contributed by atoms with Crippen LogP contribution in [0.15, 0.2) is 0 Å². The van der Waals surface area contributed by atoms with Crippen LogP contribution in [0.2, 0.25) is 0 Å². The molecule has 1 amide bonds. The van der Waals surface area contributed by atoms with Crippen molar-refractivity contribution in [3.05, 3.63) is 10.6 Å². The number of nitrogens with one attached hydrogen (secondary N) is 2. The van der Waals surface area contributed by atoms with Gasteiger partial charge in [-0.25, -0.2) is 0 Å². The largest absolute Gasteiger partial charge is 0.359 e. The molecule has 0 atom stereocenters. The van der Waals surface area contributed by atoms with Gasteiger partial charge in [-0.15, -0.1) is 0 Å². The number of carbonyl (C=O) groups is 1. The Morgan fingerprint density at radius 2 is 2.18 bits per heavy atom. The van der Waals surface area contributed by atoms with Crippen LogP contribution in [0.1, 0.15) is 39.4 Å². The first kappa shape index (κ1) is 13.9. The summed E-state index contributed by atoms with van der Waals surface area (Å²) in [5.74, 6) is 1.14. The summed E-state index contributed by atoms with van der Waals surface area (Å²) in [4.78, 5) is 11.8. The summed E-state index contributed by atoms with van der Waals surface area (Å²) in [6, 6.07) is 0. The molecule has 6 heteroatoms. The van der Waals surface area contributed by atoms with E-state index in [0.717, 1.165) is 5.82 Å². The van der Waals surface area contributed by atoms with Gasteiger partial charge in [0, 0.05) is 19.5 Å². The third-order valence-corrected chi connectivity index (χ3v) is 3.01. The molecule has 1 aromatic heterocycles. The second-order valence-electron chi connectivity index (χ2n) is 5.09. The van der Waals surface area contributed by atoms with E-state index in [9.17, 15) is 4.79 Å². The van der Waals surface area contributed by atoms with Gasteiger partial charge in [-0.1, -0.05) is 13.8 Å². The summed E-state index contributed by atoms with van der Waals surface area (Å²) in [5.41, 5.74) is -0.513. The maximum Gasteiger partial charge on any atom is 0.227 e. The second-order valence-corrected chi connectivity index (χ2v) is 5.48. The van der Waals surface area contributed by atoms with Gasteiger partial charge in [0.1, 0.15) is 5.82 Å². The van der Waals surface area contributed by atoms with E-state index < -0.39 is 5.41 Å². The van der Waals surface area contributed by atoms with Gasteiger partial charge < -0.3 is 9.88 Å². The molecule has 0 aromatic carbocycles. The third-order valence-electron chi connectivity index (χ3n) is 2.70. The lowest BCUT2D eigenvalue weighted by atomic mass is 9.92. The first-order valence-corrected chi connectivity index (χ1v) is 6.07. The van der Waals surface area contributed by atoms with Crippen LogP contribution in [-0.2, 0) is 11.3 Å². The van der Waals surface area contributed by atoms with Crippen molar-refractivity contribution in [2.24, 2.45) is 5.41 Å². The summed E-state index contributed by atoms with van der Waals surface area (Å²) in [6.45, 7) is 8.41. The van der Waals surface area contributed by atoms with E-state index in [1.807, 2.05) is 32.3 Å². The summed E-state index contributed by atoms with van der Waals surface area (Å²) < 4.78 is 2.46. The Hall–Kier alpha value is -1.17. The lowest BCUT2D eigenvalue weighted by Crippen LogP contribution is -2.38. The zero-order chi connectivity index (χ0) is 13.2. The molecule has 2 N–H and O–H groups in total. The van der Waals surface area contributed by atoms with E-state index in [2.05, 4.69) is 15.5 Å². The lowest BCUT2D eigenvalue weighted by molar-refractivity contribution is -0.129. The van der Waals surface area contributed by atoms with Crippen LogP contribution in [0.5, 0.6) is 0 Å². The smallest absolute Gasteiger partial charge is 0.227 e. The fourth-order valence-electron chi connectivity index (χ4n) is 1.73. The van der Waals surface area contributed by atoms with Crippen molar-refractivity contribution in [3.63, 3.8) is 0 Å². The molecule has 0 bridgehead atoms. The van der Waals surface area contributed by atoms with Gasteiger partial charge in [0.05, 0.1) is 5.41 Å². The molecular formula is C11H20N4OS. The molecule has 1 rings (SSSR count). The number of hydrogen-bond acceptors (Lipinski definition) is 3. The number of aromatic nitrogens is 3. The zero-order valence-corrected chi connectivity index (χ0v) is 11.8. The minimum absolute atomic E-state index is 0.00435. The monoisotopic (exact) mass is 256 g/mol. The second kappa shape index (κ2) is 5.00. The van der Waals surface area contributed by atoms with Crippen molar-refractivity contribution in [2.45, 2.75) is 40.2 Å². The number of nitrogens with zero attached hydrogens (tertiary/aromatic N) is 2. The van der Waals surface area contributed by atoms with Crippen molar-refractivity contribution in [1.82, 2.24) is 20.1 Å². The Labute approximate surface area is 107 Å². The predicted molar refractivity (Wildman–Crippen MR) is 69.3 cm³/mol. The molecular weight excluding hydrogens is 236 g/mol. The lowest BCUT2D eigenvalue weighted by Gasteiger charge is -2.24. The number of hydrogen-bond donors (Lipinski definition) is 2. The van der Waals surface area contributed by atoms with E-state index in [4.69, 9.17) is 12.2 Å². The molecule has 0 aliphatic heterocycles. The van der Waals surface area contributed by atoms with Gasteiger partial charge >= 0.3 is 0 Å². The van der Waals surface area contributed by atoms with Crippen molar-refractivity contribution >= 4 is 18.1 Å². The van der Waals surface area contributed by atoms with E-state index in [0.29, 0.717) is 11.3 Å².